The average molecular weight is 543 g/mol. The summed E-state index contributed by atoms with van der Waals surface area (Å²) < 4.78 is 41.3. The minimum atomic E-state index is -1.88. The van der Waals surface area contributed by atoms with Crippen molar-refractivity contribution in [3.63, 3.8) is 0 Å². The van der Waals surface area contributed by atoms with Gasteiger partial charge < -0.3 is 31.0 Å². The molecule has 8 N–H and O–H groups in total. The molecule has 2 unspecified atom stereocenters. The van der Waals surface area contributed by atoms with Gasteiger partial charge in [-0.05, 0) is 38.5 Å². The van der Waals surface area contributed by atoms with Crippen LogP contribution in [0, 0.1) is 0 Å². The molecule has 0 aromatic heterocycles. The molecule has 0 bridgehead atoms. The van der Waals surface area contributed by atoms with E-state index in [-0.39, 0.29) is 92.5 Å². The Morgan fingerprint density at radius 1 is 0.500 bits per heavy atom. The molecule has 0 saturated carbocycles. The van der Waals surface area contributed by atoms with Gasteiger partial charge in [-0.2, -0.15) is 0 Å². The van der Waals surface area contributed by atoms with Crippen molar-refractivity contribution < 1.29 is 98.5 Å². The van der Waals surface area contributed by atoms with Gasteiger partial charge in [-0.15, -0.1) is 0 Å². The van der Waals surface area contributed by atoms with Gasteiger partial charge in [0.15, 0.2) is 0 Å². The molecule has 0 spiro atoms. The fraction of sp³-hybridized carbons (Fsp3) is 1.00. The Hall–Kier alpha value is 3.46. The van der Waals surface area contributed by atoms with Crippen molar-refractivity contribution in [2.75, 3.05) is 34.5 Å². The summed E-state index contributed by atoms with van der Waals surface area (Å²) in [5.74, 6) is 4.93. The predicted molar refractivity (Wildman–Crippen MR) is 120 cm³/mol. The van der Waals surface area contributed by atoms with Crippen LogP contribution < -0.4 is 59.1 Å². The summed E-state index contributed by atoms with van der Waals surface area (Å²) in [5, 5.41) is 0. The monoisotopic (exact) mass is 542 g/mol. The summed E-state index contributed by atoms with van der Waals surface area (Å²) in [6.07, 6.45) is 5.90. The van der Waals surface area contributed by atoms with Gasteiger partial charge in [0.05, 0.1) is 0 Å². The van der Waals surface area contributed by atoms with Crippen LogP contribution in [0.4, 0.5) is 0 Å². The quantitative estimate of drug-likeness (QED) is 0.0748. The van der Waals surface area contributed by atoms with Crippen molar-refractivity contribution in [3.05, 3.63) is 0 Å². The fourth-order valence-electron chi connectivity index (χ4n) is 1.32. The molecule has 0 aromatic carbocycles. The molecule has 0 aliphatic carbocycles. The Kier molecular flexibility index (Phi) is 71.1. The molecule has 0 radical (unpaired) electrons. The zero-order valence-corrected chi connectivity index (χ0v) is 25.5. The van der Waals surface area contributed by atoms with E-state index in [1.165, 1.54) is 12.8 Å². The molecular formula is C12H32Na2O8S6. The smallest absolute Gasteiger partial charge is 0.772 e. The number of rotatable bonds is 17. The van der Waals surface area contributed by atoms with E-state index < -0.39 is 22.2 Å². The molecule has 8 nitrogen and oxygen atoms in total. The van der Waals surface area contributed by atoms with Crippen molar-refractivity contribution >= 4 is 65.3 Å². The Bertz CT molecular complexity index is 283. The normalized spacial score (nSPS) is 11.1. The number of hydrogen-bond acceptors (Lipinski definition) is 8. The fourth-order valence-corrected chi connectivity index (χ4v) is 6.79. The van der Waals surface area contributed by atoms with Crippen molar-refractivity contribution in [1.29, 1.82) is 0 Å². The minimum Gasteiger partial charge on any atom is -0.772 e. The van der Waals surface area contributed by atoms with Gasteiger partial charge >= 0.3 is 59.1 Å². The van der Waals surface area contributed by atoms with Crippen LogP contribution in [0.25, 0.3) is 0 Å². The van der Waals surface area contributed by atoms with E-state index in [4.69, 9.17) is 0 Å². The van der Waals surface area contributed by atoms with Crippen molar-refractivity contribution in [3.8, 4) is 0 Å². The largest absolute Gasteiger partial charge is 1.00 e. The molecule has 0 aromatic rings. The van der Waals surface area contributed by atoms with Crippen LogP contribution in [-0.4, -0.2) is 73.9 Å². The third-order valence-electron chi connectivity index (χ3n) is 2.45. The zero-order valence-electron chi connectivity index (χ0n) is 16.6. The SMILES string of the molecule is O.O.O.O.O=S([O-])CCCCSSCCCCSSCCCCS(=O)[O-].[Na+].[Na+]. The molecule has 0 heterocycles. The predicted octanol–water partition coefficient (Wildman–Crippen LogP) is -5.44. The Morgan fingerprint density at radius 2 is 0.714 bits per heavy atom. The summed E-state index contributed by atoms with van der Waals surface area (Å²) >= 11 is -3.76. The van der Waals surface area contributed by atoms with Gasteiger partial charge in [0.2, 0.25) is 0 Å². The van der Waals surface area contributed by atoms with Crippen molar-refractivity contribution in [1.82, 2.24) is 0 Å². The van der Waals surface area contributed by atoms with Crippen molar-refractivity contribution in [2.45, 2.75) is 38.5 Å². The van der Waals surface area contributed by atoms with Gasteiger partial charge in [-0.3, -0.25) is 8.42 Å². The van der Waals surface area contributed by atoms with E-state index in [0.717, 1.165) is 48.7 Å². The Labute approximate surface area is 234 Å². The third-order valence-corrected chi connectivity index (χ3v) is 8.85. The second kappa shape index (κ2) is 40.8. The van der Waals surface area contributed by atoms with E-state index in [1.807, 2.05) is 43.2 Å². The number of hydrogen-bond donors (Lipinski definition) is 0. The molecule has 0 fully saturated rings. The number of unbranched alkanes of at least 4 members (excludes halogenated alkanes) is 3. The third kappa shape index (κ3) is 47.3. The topological polar surface area (TPSA) is 206 Å². The average Bonchev–Trinajstić information content (AvgIpc) is 2.46. The van der Waals surface area contributed by atoms with Crippen molar-refractivity contribution in [2.24, 2.45) is 0 Å². The van der Waals surface area contributed by atoms with Crippen LogP contribution in [0.3, 0.4) is 0 Å². The first-order chi connectivity index (χ1) is 10.6. The molecule has 166 valence electrons. The maximum atomic E-state index is 10.3. The van der Waals surface area contributed by atoms with Gasteiger partial charge in [0.25, 0.3) is 0 Å². The van der Waals surface area contributed by atoms with Gasteiger partial charge in [0, 0.05) is 34.5 Å². The molecular weight excluding hydrogens is 511 g/mol. The summed E-state index contributed by atoms with van der Waals surface area (Å²) in [6.45, 7) is 0. The summed E-state index contributed by atoms with van der Waals surface area (Å²) in [6, 6.07) is 0. The zero-order chi connectivity index (χ0) is 16.5. The molecule has 0 amide bonds. The standard InChI is InChI=1S/C12H26O4S6.2Na.4H2O/c13-21(14)11-5-3-9-19-17-7-1-2-8-18-20-10-4-6-12-22(15)16;;;;;;/h1-12H2,(H,13,14)(H,15,16);;;4*1H2/q;2*+1;;;;/p-2. The van der Waals surface area contributed by atoms with E-state index >= 15 is 0 Å². The minimum absolute atomic E-state index is 0. The van der Waals surface area contributed by atoms with Crippen LogP contribution in [0.15, 0.2) is 0 Å². The first-order valence-corrected chi connectivity index (χ1v) is 14.7. The molecule has 2 atom stereocenters. The van der Waals surface area contributed by atoms with Crippen LogP contribution in [0.2, 0.25) is 0 Å². The van der Waals surface area contributed by atoms with E-state index in [2.05, 4.69) is 0 Å². The molecule has 0 saturated heterocycles. The van der Waals surface area contributed by atoms with E-state index in [9.17, 15) is 17.5 Å². The summed E-state index contributed by atoms with van der Waals surface area (Å²) in [5.41, 5.74) is 0. The van der Waals surface area contributed by atoms with Gasteiger partial charge in [0.1, 0.15) is 0 Å². The molecule has 0 aliphatic rings. The summed E-state index contributed by atoms with van der Waals surface area (Å²) in [7, 11) is 7.43. The van der Waals surface area contributed by atoms with E-state index in [1.54, 1.807) is 0 Å². The first-order valence-electron chi connectivity index (χ1n) is 7.23. The summed E-state index contributed by atoms with van der Waals surface area (Å²) in [4.78, 5) is 0. The Balaban J connectivity index is -0.000000147. The molecule has 0 rings (SSSR count). The van der Waals surface area contributed by atoms with Crippen LogP contribution in [-0.2, 0) is 22.2 Å². The maximum Gasteiger partial charge on any atom is 1.00 e. The Morgan fingerprint density at radius 3 is 0.929 bits per heavy atom. The molecule has 28 heavy (non-hydrogen) atoms. The van der Waals surface area contributed by atoms with Crippen LogP contribution in [0.5, 0.6) is 0 Å². The van der Waals surface area contributed by atoms with Crippen LogP contribution >= 0.6 is 43.2 Å². The molecule has 16 heteroatoms. The van der Waals surface area contributed by atoms with E-state index in [0.29, 0.717) is 0 Å². The van der Waals surface area contributed by atoms with Crippen LogP contribution in [0.1, 0.15) is 38.5 Å². The second-order valence-corrected chi connectivity index (χ2v) is 11.9. The van der Waals surface area contributed by atoms with Gasteiger partial charge in [-0.1, -0.05) is 65.3 Å². The maximum absolute atomic E-state index is 10.3. The first kappa shape index (κ1) is 48.8. The van der Waals surface area contributed by atoms with Gasteiger partial charge in [-0.25, -0.2) is 0 Å². The molecule has 0 aliphatic heterocycles. The second-order valence-electron chi connectivity index (χ2n) is 4.42.